The average molecular weight is 280 g/mol. The van der Waals surface area contributed by atoms with Gasteiger partial charge in [0.05, 0.1) is 18.3 Å². The largest absolute Gasteiger partial charge is 0.465 e. The standard InChI is InChI=1S/C10H16O7S/c1-3-9(11)17-7-8(2)10(12)16-5-4-6-18(13,14)15/h3,8H,1,4-7H2,2H3,(H,13,14,15). The summed E-state index contributed by atoms with van der Waals surface area (Å²) in [6.07, 6.45) is 0.980. The Kier molecular flexibility index (Phi) is 7.21. The highest BCUT2D eigenvalue weighted by atomic mass is 32.2. The molecule has 0 saturated heterocycles. The van der Waals surface area contributed by atoms with Gasteiger partial charge < -0.3 is 9.47 Å². The summed E-state index contributed by atoms with van der Waals surface area (Å²) in [6.45, 7) is 4.43. The van der Waals surface area contributed by atoms with Gasteiger partial charge in [0.15, 0.2) is 0 Å². The maximum absolute atomic E-state index is 11.3. The van der Waals surface area contributed by atoms with Gasteiger partial charge in [-0.25, -0.2) is 4.79 Å². The number of rotatable bonds is 8. The molecule has 0 bridgehead atoms. The van der Waals surface area contributed by atoms with Gasteiger partial charge in [0, 0.05) is 6.08 Å². The Morgan fingerprint density at radius 3 is 2.50 bits per heavy atom. The lowest BCUT2D eigenvalue weighted by atomic mass is 10.2. The fourth-order valence-corrected chi connectivity index (χ4v) is 1.37. The summed E-state index contributed by atoms with van der Waals surface area (Å²) in [5.41, 5.74) is 0. The first-order valence-electron chi connectivity index (χ1n) is 5.17. The second-order valence-corrected chi connectivity index (χ2v) is 5.11. The van der Waals surface area contributed by atoms with Crippen LogP contribution in [0.2, 0.25) is 0 Å². The van der Waals surface area contributed by atoms with Crippen LogP contribution in [0.1, 0.15) is 13.3 Å². The molecule has 0 aliphatic heterocycles. The molecule has 0 saturated carbocycles. The molecule has 0 spiro atoms. The Balaban J connectivity index is 3.81. The van der Waals surface area contributed by atoms with E-state index in [-0.39, 0.29) is 19.6 Å². The predicted octanol–water partition coefficient (Wildman–Crippen LogP) is 0.173. The van der Waals surface area contributed by atoms with Crippen molar-refractivity contribution in [2.24, 2.45) is 5.92 Å². The van der Waals surface area contributed by atoms with Gasteiger partial charge in [-0.15, -0.1) is 0 Å². The number of carbonyl (C=O) groups is 2. The predicted molar refractivity (Wildman–Crippen MR) is 62.3 cm³/mol. The Labute approximate surface area is 106 Å². The second kappa shape index (κ2) is 7.83. The van der Waals surface area contributed by atoms with E-state index in [9.17, 15) is 18.0 Å². The third-order valence-corrected chi connectivity index (χ3v) is 2.64. The van der Waals surface area contributed by atoms with Crippen molar-refractivity contribution in [1.29, 1.82) is 0 Å². The molecule has 0 aliphatic rings. The van der Waals surface area contributed by atoms with E-state index in [4.69, 9.17) is 9.29 Å². The quantitative estimate of drug-likeness (QED) is 0.292. The third-order valence-electron chi connectivity index (χ3n) is 1.84. The first-order valence-corrected chi connectivity index (χ1v) is 6.78. The van der Waals surface area contributed by atoms with Gasteiger partial charge in [-0.2, -0.15) is 8.42 Å². The molecule has 0 aliphatic carbocycles. The molecular weight excluding hydrogens is 264 g/mol. The van der Waals surface area contributed by atoms with Gasteiger partial charge >= 0.3 is 11.9 Å². The third kappa shape index (κ3) is 8.71. The van der Waals surface area contributed by atoms with Gasteiger partial charge in [-0.05, 0) is 13.3 Å². The lowest BCUT2D eigenvalue weighted by Gasteiger charge is -2.10. The van der Waals surface area contributed by atoms with Crippen LogP contribution in [0.15, 0.2) is 12.7 Å². The van der Waals surface area contributed by atoms with Crippen molar-refractivity contribution in [2.75, 3.05) is 19.0 Å². The van der Waals surface area contributed by atoms with Crippen LogP contribution in [0.5, 0.6) is 0 Å². The molecule has 1 N–H and O–H groups in total. The van der Waals surface area contributed by atoms with E-state index in [1.807, 2.05) is 0 Å². The van der Waals surface area contributed by atoms with E-state index in [0.29, 0.717) is 0 Å². The maximum atomic E-state index is 11.3. The monoisotopic (exact) mass is 280 g/mol. The zero-order chi connectivity index (χ0) is 14.2. The molecule has 7 nitrogen and oxygen atoms in total. The molecule has 1 unspecified atom stereocenters. The minimum Gasteiger partial charge on any atom is -0.465 e. The van der Waals surface area contributed by atoms with Crippen LogP contribution in [0, 0.1) is 5.92 Å². The first-order chi connectivity index (χ1) is 8.26. The van der Waals surface area contributed by atoms with E-state index < -0.39 is 33.7 Å². The number of carbonyl (C=O) groups excluding carboxylic acids is 2. The number of ether oxygens (including phenoxy) is 2. The van der Waals surface area contributed by atoms with Gasteiger partial charge in [0.2, 0.25) is 0 Å². The minimum atomic E-state index is -4.04. The molecular formula is C10H16O7S. The lowest BCUT2D eigenvalue weighted by molar-refractivity contribution is -0.152. The van der Waals surface area contributed by atoms with Crippen molar-refractivity contribution < 1.29 is 32.0 Å². The highest BCUT2D eigenvalue weighted by Gasteiger charge is 2.16. The van der Waals surface area contributed by atoms with Crippen LogP contribution >= 0.6 is 0 Å². The molecule has 0 radical (unpaired) electrons. The zero-order valence-corrected chi connectivity index (χ0v) is 10.8. The van der Waals surface area contributed by atoms with Gasteiger partial charge in [0.25, 0.3) is 10.1 Å². The summed E-state index contributed by atoms with van der Waals surface area (Å²) < 4.78 is 38.5. The zero-order valence-electron chi connectivity index (χ0n) is 10.00. The molecule has 0 fully saturated rings. The highest BCUT2D eigenvalue weighted by Crippen LogP contribution is 2.01. The van der Waals surface area contributed by atoms with E-state index >= 15 is 0 Å². The topological polar surface area (TPSA) is 107 Å². The summed E-state index contributed by atoms with van der Waals surface area (Å²) in [5, 5.41) is 0. The van der Waals surface area contributed by atoms with Crippen molar-refractivity contribution in [1.82, 2.24) is 0 Å². The fourth-order valence-electron chi connectivity index (χ4n) is 0.890. The van der Waals surface area contributed by atoms with E-state index in [1.165, 1.54) is 6.92 Å². The smallest absolute Gasteiger partial charge is 0.330 e. The van der Waals surface area contributed by atoms with Crippen molar-refractivity contribution in [3.63, 3.8) is 0 Å². The van der Waals surface area contributed by atoms with Gasteiger partial charge in [-0.3, -0.25) is 9.35 Å². The number of hydrogen-bond donors (Lipinski definition) is 1. The van der Waals surface area contributed by atoms with Crippen LogP contribution in [0.4, 0.5) is 0 Å². The number of hydrogen-bond acceptors (Lipinski definition) is 6. The fraction of sp³-hybridized carbons (Fsp3) is 0.600. The molecule has 0 aromatic heterocycles. The van der Waals surface area contributed by atoms with Crippen LogP contribution in [-0.4, -0.2) is 43.9 Å². The Morgan fingerprint density at radius 1 is 1.39 bits per heavy atom. The van der Waals surface area contributed by atoms with E-state index in [1.54, 1.807) is 0 Å². The summed E-state index contributed by atoms with van der Waals surface area (Å²) in [4.78, 5) is 22.0. The molecule has 0 rings (SSSR count). The summed E-state index contributed by atoms with van der Waals surface area (Å²) in [7, 11) is -4.04. The molecule has 18 heavy (non-hydrogen) atoms. The highest BCUT2D eigenvalue weighted by molar-refractivity contribution is 7.85. The van der Waals surface area contributed by atoms with Gasteiger partial charge in [-0.1, -0.05) is 6.58 Å². The Hall–Kier alpha value is -1.41. The van der Waals surface area contributed by atoms with Gasteiger partial charge in [0.1, 0.15) is 6.61 Å². The SMILES string of the molecule is C=CC(=O)OCC(C)C(=O)OCCCS(=O)(=O)O. The van der Waals surface area contributed by atoms with Crippen LogP contribution < -0.4 is 0 Å². The normalized spacial score (nSPS) is 12.6. The summed E-state index contributed by atoms with van der Waals surface area (Å²) in [5.74, 6) is -2.37. The van der Waals surface area contributed by atoms with Crippen molar-refractivity contribution in [3.8, 4) is 0 Å². The molecule has 1 atom stereocenters. The molecule has 0 aromatic carbocycles. The van der Waals surface area contributed by atoms with Crippen molar-refractivity contribution in [2.45, 2.75) is 13.3 Å². The average Bonchev–Trinajstić information content (AvgIpc) is 2.29. The van der Waals surface area contributed by atoms with Crippen LogP contribution in [0.3, 0.4) is 0 Å². The minimum absolute atomic E-state index is 0.00371. The molecule has 0 heterocycles. The summed E-state index contributed by atoms with van der Waals surface area (Å²) in [6, 6.07) is 0. The molecule has 8 heteroatoms. The number of esters is 2. The molecule has 0 amide bonds. The van der Waals surface area contributed by atoms with Crippen LogP contribution in [0.25, 0.3) is 0 Å². The molecule has 0 aromatic rings. The maximum Gasteiger partial charge on any atom is 0.330 e. The van der Waals surface area contributed by atoms with Crippen molar-refractivity contribution >= 4 is 22.1 Å². The van der Waals surface area contributed by atoms with E-state index in [0.717, 1.165) is 6.08 Å². The van der Waals surface area contributed by atoms with Crippen molar-refractivity contribution in [3.05, 3.63) is 12.7 Å². The Morgan fingerprint density at radius 2 is 2.00 bits per heavy atom. The lowest BCUT2D eigenvalue weighted by Crippen LogP contribution is -2.22. The van der Waals surface area contributed by atoms with E-state index in [2.05, 4.69) is 11.3 Å². The Bertz CT molecular complexity index is 398. The summed E-state index contributed by atoms with van der Waals surface area (Å²) >= 11 is 0. The molecule has 104 valence electrons. The second-order valence-electron chi connectivity index (χ2n) is 3.54. The van der Waals surface area contributed by atoms with Crippen LogP contribution in [-0.2, 0) is 29.2 Å². The first kappa shape index (κ1) is 16.6.